The summed E-state index contributed by atoms with van der Waals surface area (Å²) >= 11 is 0. The minimum Gasteiger partial charge on any atom is -0.469 e. The molecular weight excluding hydrogens is 250 g/mol. The molecule has 108 valence electrons. The number of ether oxygens (including phenoxy) is 1. The zero-order valence-corrected chi connectivity index (χ0v) is 12.1. The number of carbonyl (C=O) groups excluding carboxylic acids is 1. The van der Waals surface area contributed by atoms with Gasteiger partial charge in [0.2, 0.25) is 0 Å². The van der Waals surface area contributed by atoms with Gasteiger partial charge in [-0.2, -0.15) is 0 Å². The topological polar surface area (TPSA) is 29.5 Å². The molecule has 0 amide bonds. The summed E-state index contributed by atoms with van der Waals surface area (Å²) in [5.41, 5.74) is 1.33. The summed E-state index contributed by atoms with van der Waals surface area (Å²) in [6.45, 7) is 6.90. The Hall–Kier alpha value is -1.61. The number of nitrogens with zero attached hydrogens (tertiary/aromatic N) is 1. The lowest BCUT2D eigenvalue weighted by Gasteiger charge is -2.36. The number of rotatable bonds is 5. The van der Waals surface area contributed by atoms with Crippen LogP contribution in [0.2, 0.25) is 0 Å². The molecule has 2 atom stereocenters. The van der Waals surface area contributed by atoms with Crippen LogP contribution in [0.25, 0.3) is 0 Å². The van der Waals surface area contributed by atoms with Gasteiger partial charge in [0, 0.05) is 19.5 Å². The molecule has 0 radical (unpaired) electrons. The van der Waals surface area contributed by atoms with Crippen LogP contribution in [-0.2, 0) is 16.1 Å². The number of esters is 1. The number of carbonyl (C=O) groups is 1. The fourth-order valence-corrected chi connectivity index (χ4v) is 2.90. The quantitative estimate of drug-likeness (QED) is 0.610. The normalized spacial score (nSPS) is 23.2. The van der Waals surface area contributed by atoms with Gasteiger partial charge in [0.1, 0.15) is 0 Å². The number of hydrogen-bond donors (Lipinski definition) is 0. The molecule has 1 heterocycles. The molecule has 0 unspecified atom stereocenters. The Balaban J connectivity index is 1.91. The number of hydrogen-bond acceptors (Lipinski definition) is 3. The van der Waals surface area contributed by atoms with Gasteiger partial charge in [0.05, 0.1) is 7.11 Å². The maximum Gasteiger partial charge on any atom is 0.305 e. The molecule has 0 N–H and O–H groups in total. The largest absolute Gasteiger partial charge is 0.469 e. The number of methoxy groups -OCH3 is 1. The van der Waals surface area contributed by atoms with E-state index < -0.39 is 0 Å². The minimum absolute atomic E-state index is 0.113. The first-order chi connectivity index (χ1) is 9.72. The van der Waals surface area contributed by atoms with Gasteiger partial charge in [-0.05, 0) is 30.4 Å². The summed E-state index contributed by atoms with van der Waals surface area (Å²) in [6, 6.07) is 10.5. The standard InChI is InChI=1S/C17H23NO2/c1-3-15-13-18(12-14-7-5-4-6-8-14)10-9-16(15)11-17(19)20-2/h3-8,15-16H,1,9-13H2,2H3/t15-,16+/m0/s1. The summed E-state index contributed by atoms with van der Waals surface area (Å²) in [5.74, 6) is 0.622. The van der Waals surface area contributed by atoms with E-state index >= 15 is 0 Å². The molecular formula is C17H23NO2. The molecule has 3 nitrogen and oxygen atoms in total. The molecule has 20 heavy (non-hydrogen) atoms. The Bertz CT molecular complexity index is 444. The SMILES string of the molecule is C=C[C@H]1CN(Cc2ccccc2)CC[C@@H]1CC(=O)OC. The van der Waals surface area contributed by atoms with Crippen LogP contribution in [0, 0.1) is 11.8 Å². The van der Waals surface area contributed by atoms with Gasteiger partial charge in [-0.25, -0.2) is 0 Å². The van der Waals surface area contributed by atoms with Crippen molar-refractivity contribution in [3.05, 3.63) is 48.6 Å². The third-order valence-corrected chi connectivity index (χ3v) is 4.10. The van der Waals surface area contributed by atoms with Crippen molar-refractivity contribution in [1.29, 1.82) is 0 Å². The molecule has 2 rings (SSSR count). The van der Waals surface area contributed by atoms with E-state index in [9.17, 15) is 4.79 Å². The van der Waals surface area contributed by atoms with Gasteiger partial charge in [0.15, 0.2) is 0 Å². The molecule has 1 fully saturated rings. The van der Waals surface area contributed by atoms with E-state index in [0.717, 1.165) is 26.1 Å². The lowest BCUT2D eigenvalue weighted by atomic mass is 9.83. The van der Waals surface area contributed by atoms with Gasteiger partial charge >= 0.3 is 5.97 Å². The molecule has 3 heteroatoms. The number of benzene rings is 1. The van der Waals surface area contributed by atoms with Crippen molar-refractivity contribution in [2.75, 3.05) is 20.2 Å². The highest BCUT2D eigenvalue weighted by atomic mass is 16.5. The summed E-state index contributed by atoms with van der Waals surface area (Å²) in [6.07, 6.45) is 3.52. The number of piperidine rings is 1. The van der Waals surface area contributed by atoms with Crippen LogP contribution in [-0.4, -0.2) is 31.1 Å². The fourth-order valence-electron chi connectivity index (χ4n) is 2.90. The van der Waals surface area contributed by atoms with Gasteiger partial charge in [-0.1, -0.05) is 36.4 Å². The van der Waals surface area contributed by atoms with E-state index in [4.69, 9.17) is 4.74 Å². The molecule has 0 aliphatic carbocycles. The smallest absolute Gasteiger partial charge is 0.305 e. The van der Waals surface area contributed by atoms with E-state index in [1.54, 1.807) is 0 Å². The summed E-state index contributed by atoms with van der Waals surface area (Å²) in [5, 5.41) is 0. The second kappa shape index (κ2) is 7.25. The monoisotopic (exact) mass is 273 g/mol. The Morgan fingerprint density at radius 1 is 1.45 bits per heavy atom. The van der Waals surface area contributed by atoms with Crippen molar-refractivity contribution in [1.82, 2.24) is 4.90 Å². The molecule has 1 saturated heterocycles. The van der Waals surface area contributed by atoms with Crippen molar-refractivity contribution < 1.29 is 9.53 Å². The molecule has 1 aliphatic rings. The van der Waals surface area contributed by atoms with E-state index in [1.807, 2.05) is 12.1 Å². The van der Waals surface area contributed by atoms with E-state index in [1.165, 1.54) is 12.7 Å². The first-order valence-corrected chi connectivity index (χ1v) is 7.18. The van der Waals surface area contributed by atoms with Crippen molar-refractivity contribution in [2.45, 2.75) is 19.4 Å². The predicted octanol–water partition coefficient (Wildman–Crippen LogP) is 2.87. The Kier molecular flexibility index (Phi) is 5.36. The van der Waals surface area contributed by atoms with Crippen molar-refractivity contribution in [3.63, 3.8) is 0 Å². The molecule has 1 aromatic rings. The van der Waals surface area contributed by atoms with Crippen molar-refractivity contribution in [3.8, 4) is 0 Å². The van der Waals surface area contributed by atoms with Gasteiger partial charge < -0.3 is 4.74 Å². The summed E-state index contributed by atoms with van der Waals surface area (Å²) in [7, 11) is 1.45. The van der Waals surface area contributed by atoms with Crippen LogP contribution in [0.1, 0.15) is 18.4 Å². The van der Waals surface area contributed by atoms with Crippen LogP contribution in [0.3, 0.4) is 0 Å². The van der Waals surface area contributed by atoms with E-state index in [0.29, 0.717) is 18.3 Å². The average Bonchev–Trinajstić information content (AvgIpc) is 2.49. The van der Waals surface area contributed by atoms with Gasteiger partial charge in [0.25, 0.3) is 0 Å². The third kappa shape index (κ3) is 3.94. The van der Waals surface area contributed by atoms with Gasteiger partial charge in [-0.15, -0.1) is 6.58 Å². The molecule has 0 spiro atoms. The van der Waals surface area contributed by atoms with E-state index in [-0.39, 0.29) is 5.97 Å². The highest BCUT2D eigenvalue weighted by Crippen LogP contribution is 2.28. The van der Waals surface area contributed by atoms with Crippen LogP contribution in [0.4, 0.5) is 0 Å². The highest BCUT2D eigenvalue weighted by molar-refractivity contribution is 5.69. The fraction of sp³-hybridized carbons (Fsp3) is 0.471. The van der Waals surface area contributed by atoms with Crippen molar-refractivity contribution in [2.24, 2.45) is 11.8 Å². The van der Waals surface area contributed by atoms with E-state index in [2.05, 4.69) is 35.7 Å². The lowest BCUT2D eigenvalue weighted by Crippen LogP contribution is -2.40. The third-order valence-electron chi connectivity index (χ3n) is 4.10. The van der Waals surface area contributed by atoms with Gasteiger partial charge in [-0.3, -0.25) is 9.69 Å². The Morgan fingerprint density at radius 3 is 2.85 bits per heavy atom. The molecule has 0 aromatic heterocycles. The first kappa shape index (κ1) is 14.8. The van der Waals surface area contributed by atoms with Crippen LogP contribution >= 0.6 is 0 Å². The zero-order valence-electron chi connectivity index (χ0n) is 12.1. The Labute approximate surface area is 121 Å². The zero-order chi connectivity index (χ0) is 14.4. The molecule has 0 bridgehead atoms. The predicted molar refractivity (Wildman–Crippen MR) is 80.1 cm³/mol. The first-order valence-electron chi connectivity index (χ1n) is 7.18. The second-order valence-corrected chi connectivity index (χ2v) is 5.45. The maximum atomic E-state index is 11.4. The van der Waals surface area contributed by atoms with Crippen LogP contribution in [0.5, 0.6) is 0 Å². The molecule has 1 aromatic carbocycles. The highest BCUT2D eigenvalue weighted by Gasteiger charge is 2.29. The van der Waals surface area contributed by atoms with Crippen LogP contribution in [0.15, 0.2) is 43.0 Å². The minimum atomic E-state index is -0.113. The summed E-state index contributed by atoms with van der Waals surface area (Å²) < 4.78 is 4.78. The lowest BCUT2D eigenvalue weighted by molar-refractivity contribution is -0.142. The number of likely N-dealkylation sites (tertiary alicyclic amines) is 1. The summed E-state index contributed by atoms with van der Waals surface area (Å²) in [4.78, 5) is 13.9. The van der Waals surface area contributed by atoms with Crippen LogP contribution < -0.4 is 0 Å². The van der Waals surface area contributed by atoms with Crippen molar-refractivity contribution >= 4 is 5.97 Å². The molecule has 0 saturated carbocycles. The Morgan fingerprint density at radius 2 is 2.20 bits per heavy atom. The maximum absolute atomic E-state index is 11.4. The molecule has 1 aliphatic heterocycles. The second-order valence-electron chi connectivity index (χ2n) is 5.45. The average molecular weight is 273 g/mol.